The van der Waals surface area contributed by atoms with Crippen LogP contribution in [0.15, 0.2) is 23.6 Å². The minimum absolute atomic E-state index is 1.15. The third kappa shape index (κ3) is 10.7. The highest BCUT2D eigenvalue weighted by molar-refractivity contribution is 8.02. The number of hydrogen-bond donors (Lipinski definition) is 3. The molecular formula is C5H9BO3S. The minimum Gasteiger partial charge on any atom is -0.402 e. The van der Waals surface area contributed by atoms with E-state index in [-0.39, 0.29) is 0 Å². The monoisotopic (exact) mass is 160 g/mol. The molecule has 0 aromatic carbocycles. The quantitative estimate of drug-likeness (QED) is 0.427. The number of thioether (sulfide) groups is 1. The maximum atomic E-state index is 7.17. The molecule has 0 aliphatic carbocycles. The van der Waals surface area contributed by atoms with Crippen LogP contribution in [0.2, 0.25) is 0 Å². The molecule has 1 aliphatic rings. The first-order valence-electron chi connectivity index (χ1n) is 2.71. The first-order chi connectivity index (χ1) is 4.73. The summed E-state index contributed by atoms with van der Waals surface area (Å²) >= 11 is 1.83. The molecule has 3 N–H and O–H groups in total. The van der Waals surface area contributed by atoms with E-state index in [1.807, 2.05) is 17.8 Å². The normalized spacial score (nSPS) is 13.9. The number of rotatable bonds is 0. The van der Waals surface area contributed by atoms with Crippen LogP contribution in [0.1, 0.15) is 0 Å². The van der Waals surface area contributed by atoms with Gasteiger partial charge in [-0.15, -0.1) is 11.8 Å². The molecule has 1 heterocycles. The second-order valence-corrected chi connectivity index (χ2v) is 2.38. The van der Waals surface area contributed by atoms with Crippen molar-refractivity contribution in [2.45, 2.75) is 0 Å². The van der Waals surface area contributed by atoms with Crippen LogP contribution in [0.3, 0.4) is 0 Å². The van der Waals surface area contributed by atoms with Gasteiger partial charge in [-0.25, -0.2) is 0 Å². The summed E-state index contributed by atoms with van der Waals surface area (Å²) in [5, 5.41) is 23.6. The lowest BCUT2D eigenvalue weighted by atomic mass is 10.3. The van der Waals surface area contributed by atoms with Crippen molar-refractivity contribution in [3.05, 3.63) is 23.6 Å². The van der Waals surface area contributed by atoms with Crippen LogP contribution in [0.25, 0.3) is 0 Å². The van der Waals surface area contributed by atoms with E-state index in [0.717, 1.165) is 5.75 Å². The molecule has 5 heteroatoms. The molecule has 0 fully saturated rings. The molecule has 0 unspecified atom stereocenters. The van der Waals surface area contributed by atoms with Crippen molar-refractivity contribution in [2.24, 2.45) is 0 Å². The summed E-state index contributed by atoms with van der Waals surface area (Å²) in [6.45, 7) is 0. The highest BCUT2D eigenvalue weighted by Crippen LogP contribution is 2.05. The van der Waals surface area contributed by atoms with Crippen molar-refractivity contribution >= 4 is 19.1 Å². The van der Waals surface area contributed by atoms with E-state index in [1.165, 1.54) is 0 Å². The number of allylic oxidation sites excluding steroid dienone is 2. The Bertz CT molecular complexity index is 109. The van der Waals surface area contributed by atoms with Gasteiger partial charge in [0.05, 0.1) is 0 Å². The maximum Gasteiger partial charge on any atom is 0.631 e. The van der Waals surface area contributed by atoms with Crippen molar-refractivity contribution in [1.82, 2.24) is 0 Å². The summed E-state index contributed by atoms with van der Waals surface area (Å²) in [7, 11) is -2.17. The first kappa shape index (κ1) is 9.77. The molecule has 0 saturated carbocycles. The lowest BCUT2D eigenvalue weighted by Crippen LogP contribution is -2.07. The van der Waals surface area contributed by atoms with Crippen molar-refractivity contribution in [3.63, 3.8) is 0 Å². The molecule has 0 aromatic rings. The van der Waals surface area contributed by atoms with Crippen molar-refractivity contribution in [2.75, 3.05) is 5.75 Å². The largest absolute Gasteiger partial charge is 0.631 e. The second kappa shape index (κ2) is 6.89. The van der Waals surface area contributed by atoms with Gasteiger partial charge in [0.1, 0.15) is 0 Å². The van der Waals surface area contributed by atoms with Gasteiger partial charge in [-0.3, -0.25) is 0 Å². The zero-order chi connectivity index (χ0) is 7.82. The fraction of sp³-hybridized carbons (Fsp3) is 0.200. The van der Waals surface area contributed by atoms with Gasteiger partial charge in [0.2, 0.25) is 0 Å². The molecule has 0 saturated heterocycles. The summed E-state index contributed by atoms with van der Waals surface area (Å²) in [6, 6.07) is 0. The van der Waals surface area contributed by atoms with Crippen LogP contribution >= 0.6 is 11.8 Å². The standard InChI is InChI=1S/C5H6S.BH3O3/c1-2-4-6-5-3-1;2-1(3)4/h1-4H,5H2;2-4H. The van der Waals surface area contributed by atoms with Gasteiger partial charge in [-0.1, -0.05) is 18.2 Å². The lowest BCUT2D eigenvalue weighted by Gasteiger charge is -1.88. The average Bonchev–Trinajstić information content (AvgIpc) is 1.90. The van der Waals surface area contributed by atoms with Crippen LogP contribution in [0.4, 0.5) is 0 Å². The highest BCUT2D eigenvalue weighted by atomic mass is 32.2. The third-order valence-corrected chi connectivity index (χ3v) is 1.35. The molecule has 0 radical (unpaired) electrons. The Kier molecular flexibility index (Phi) is 6.73. The fourth-order valence-electron chi connectivity index (χ4n) is 0.346. The summed E-state index contributed by atoms with van der Waals surface area (Å²) in [5.74, 6) is 1.15. The Morgan fingerprint density at radius 1 is 1.20 bits per heavy atom. The topological polar surface area (TPSA) is 60.7 Å². The summed E-state index contributed by atoms with van der Waals surface area (Å²) in [5.41, 5.74) is 0. The number of hydrogen-bond acceptors (Lipinski definition) is 4. The minimum atomic E-state index is -2.17. The van der Waals surface area contributed by atoms with Gasteiger partial charge in [0, 0.05) is 5.75 Å². The zero-order valence-electron chi connectivity index (χ0n) is 5.34. The van der Waals surface area contributed by atoms with Crippen LogP contribution in [0.5, 0.6) is 0 Å². The lowest BCUT2D eigenvalue weighted by molar-refractivity contribution is 0.278. The van der Waals surface area contributed by atoms with E-state index in [4.69, 9.17) is 15.1 Å². The smallest absolute Gasteiger partial charge is 0.402 e. The Hall–Kier alpha value is -0.225. The van der Waals surface area contributed by atoms with E-state index >= 15 is 0 Å². The average molecular weight is 160 g/mol. The SMILES string of the molecule is C1=CCSC=C1.OB(O)O. The first-order valence-corrected chi connectivity index (χ1v) is 3.76. The molecule has 56 valence electrons. The Morgan fingerprint density at radius 2 is 1.80 bits per heavy atom. The van der Waals surface area contributed by atoms with Crippen molar-refractivity contribution < 1.29 is 15.1 Å². The van der Waals surface area contributed by atoms with Crippen LogP contribution in [-0.2, 0) is 0 Å². The zero-order valence-corrected chi connectivity index (χ0v) is 6.16. The van der Waals surface area contributed by atoms with E-state index in [9.17, 15) is 0 Å². The predicted molar refractivity (Wildman–Crippen MR) is 43.1 cm³/mol. The highest BCUT2D eigenvalue weighted by Gasteiger charge is 1.92. The van der Waals surface area contributed by atoms with E-state index in [1.54, 1.807) is 0 Å². The summed E-state index contributed by atoms with van der Waals surface area (Å²) in [6.07, 6.45) is 6.26. The Labute approximate surface area is 64.3 Å². The molecule has 0 aromatic heterocycles. The third-order valence-electron chi connectivity index (χ3n) is 0.614. The molecule has 10 heavy (non-hydrogen) atoms. The predicted octanol–water partition coefficient (Wildman–Crippen LogP) is -0.249. The molecule has 3 nitrogen and oxygen atoms in total. The van der Waals surface area contributed by atoms with E-state index < -0.39 is 7.32 Å². The van der Waals surface area contributed by atoms with Gasteiger partial charge >= 0.3 is 7.32 Å². The summed E-state index contributed by atoms with van der Waals surface area (Å²) < 4.78 is 0. The molecule has 0 atom stereocenters. The molecule has 1 aliphatic heterocycles. The van der Waals surface area contributed by atoms with Crippen LogP contribution in [-0.4, -0.2) is 28.1 Å². The van der Waals surface area contributed by atoms with Gasteiger partial charge < -0.3 is 15.1 Å². The van der Waals surface area contributed by atoms with Crippen molar-refractivity contribution in [1.29, 1.82) is 0 Å². The molecular weight excluding hydrogens is 151 g/mol. The van der Waals surface area contributed by atoms with E-state index in [2.05, 4.69) is 17.6 Å². The Balaban J connectivity index is 0.000000180. The molecule has 1 rings (SSSR count). The van der Waals surface area contributed by atoms with Gasteiger partial charge in [-0.2, -0.15) is 0 Å². The van der Waals surface area contributed by atoms with Crippen LogP contribution < -0.4 is 0 Å². The second-order valence-electron chi connectivity index (χ2n) is 1.44. The van der Waals surface area contributed by atoms with Crippen molar-refractivity contribution in [3.8, 4) is 0 Å². The fourth-order valence-corrected chi connectivity index (χ4v) is 0.881. The van der Waals surface area contributed by atoms with Gasteiger partial charge in [-0.05, 0) is 5.41 Å². The van der Waals surface area contributed by atoms with Gasteiger partial charge in [0.15, 0.2) is 0 Å². The molecule has 0 spiro atoms. The van der Waals surface area contributed by atoms with E-state index in [0.29, 0.717) is 0 Å². The maximum absolute atomic E-state index is 7.17. The van der Waals surface area contributed by atoms with Crippen LogP contribution in [0, 0.1) is 0 Å². The molecule has 0 amide bonds. The van der Waals surface area contributed by atoms with Gasteiger partial charge in [0.25, 0.3) is 0 Å². The Morgan fingerprint density at radius 3 is 1.90 bits per heavy atom. The summed E-state index contributed by atoms with van der Waals surface area (Å²) in [4.78, 5) is 0. The molecule has 0 bridgehead atoms.